The van der Waals surface area contributed by atoms with Crippen LogP contribution in [0, 0.1) is 0 Å². The number of rotatable bonds is 6. The van der Waals surface area contributed by atoms with Crippen LogP contribution in [-0.4, -0.2) is 12.5 Å². The average molecular weight is 352 g/mol. The summed E-state index contributed by atoms with van der Waals surface area (Å²) in [4.78, 5) is 11.9. The molecule has 0 bridgehead atoms. The van der Waals surface area contributed by atoms with Gasteiger partial charge in [0, 0.05) is 5.02 Å². The van der Waals surface area contributed by atoms with Gasteiger partial charge in [-0.3, -0.25) is 4.79 Å². The van der Waals surface area contributed by atoms with Crippen molar-refractivity contribution < 1.29 is 9.53 Å². The molecule has 23 heavy (non-hydrogen) atoms. The summed E-state index contributed by atoms with van der Waals surface area (Å²) in [5.74, 6) is 0.897. The van der Waals surface area contributed by atoms with E-state index >= 15 is 0 Å². The van der Waals surface area contributed by atoms with Crippen LogP contribution in [0.1, 0.15) is 31.7 Å². The summed E-state index contributed by atoms with van der Waals surface area (Å²) >= 11 is 11.8. The second kappa shape index (κ2) is 8.23. The molecule has 0 fully saturated rings. The Morgan fingerprint density at radius 1 is 1.17 bits per heavy atom. The Morgan fingerprint density at radius 3 is 2.48 bits per heavy atom. The van der Waals surface area contributed by atoms with E-state index in [4.69, 9.17) is 27.9 Å². The minimum absolute atomic E-state index is 0.0817. The van der Waals surface area contributed by atoms with E-state index in [0.29, 0.717) is 27.4 Å². The summed E-state index contributed by atoms with van der Waals surface area (Å²) in [5, 5.41) is 3.60. The van der Waals surface area contributed by atoms with E-state index in [1.165, 1.54) is 5.56 Å². The third-order valence-electron chi connectivity index (χ3n) is 3.64. The van der Waals surface area contributed by atoms with Crippen LogP contribution in [0.15, 0.2) is 42.5 Å². The maximum absolute atomic E-state index is 11.9. The van der Waals surface area contributed by atoms with Crippen molar-refractivity contribution in [3.8, 4) is 5.75 Å². The monoisotopic (exact) mass is 351 g/mol. The van der Waals surface area contributed by atoms with Crippen molar-refractivity contribution in [1.82, 2.24) is 0 Å². The van der Waals surface area contributed by atoms with Crippen molar-refractivity contribution in [2.24, 2.45) is 0 Å². The molecule has 0 aliphatic carbocycles. The molecule has 1 atom stereocenters. The van der Waals surface area contributed by atoms with Crippen LogP contribution in [0.4, 0.5) is 5.69 Å². The molecule has 2 aromatic carbocycles. The summed E-state index contributed by atoms with van der Waals surface area (Å²) in [6.45, 7) is 4.25. The van der Waals surface area contributed by atoms with Crippen LogP contribution in [0.25, 0.3) is 0 Å². The van der Waals surface area contributed by atoms with Crippen molar-refractivity contribution in [2.75, 3.05) is 11.9 Å². The molecule has 0 radical (unpaired) electrons. The molecule has 0 heterocycles. The maximum Gasteiger partial charge on any atom is 0.262 e. The first kappa shape index (κ1) is 17.6. The second-order valence-corrected chi connectivity index (χ2v) is 6.18. The predicted octanol–water partition coefficient (Wildman–Crippen LogP) is 5.52. The minimum atomic E-state index is -0.278. The van der Waals surface area contributed by atoms with Gasteiger partial charge in [0.2, 0.25) is 0 Å². The number of carbonyl (C=O) groups excluding carboxylic acids is 1. The van der Waals surface area contributed by atoms with Crippen LogP contribution in [-0.2, 0) is 4.79 Å². The first-order valence-electron chi connectivity index (χ1n) is 7.47. The highest BCUT2D eigenvalue weighted by atomic mass is 35.5. The van der Waals surface area contributed by atoms with Gasteiger partial charge in [-0.1, -0.05) is 49.2 Å². The first-order valence-corrected chi connectivity index (χ1v) is 8.23. The fourth-order valence-corrected chi connectivity index (χ4v) is 2.51. The quantitative estimate of drug-likeness (QED) is 0.743. The Kier molecular flexibility index (Phi) is 6.31. The number of carbonyl (C=O) groups is 1. The van der Waals surface area contributed by atoms with Gasteiger partial charge in [0.1, 0.15) is 5.75 Å². The third-order valence-corrected chi connectivity index (χ3v) is 4.18. The number of hydrogen-bond donors (Lipinski definition) is 1. The number of anilines is 1. The molecule has 122 valence electrons. The molecule has 0 spiro atoms. The summed E-state index contributed by atoms with van der Waals surface area (Å²) in [7, 11) is 0. The SMILES string of the molecule is CCC(C)c1ccc(OCC(=O)Nc2ccc(Cl)cc2Cl)cc1. The average Bonchev–Trinajstić information content (AvgIpc) is 2.55. The minimum Gasteiger partial charge on any atom is -0.484 e. The van der Waals surface area contributed by atoms with Gasteiger partial charge in [-0.05, 0) is 48.2 Å². The molecule has 0 aliphatic heterocycles. The number of amides is 1. The summed E-state index contributed by atoms with van der Waals surface area (Å²) in [5.41, 5.74) is 1.77. The largest absolute Gasteiger partial charge is 0.484 e. The predicted molar refractivity (Wildman–Crippen MR) is 95.7 cm³/mol. The molecule has 1 N–H and O–H groups in total. The topological polar surface area (TPSA) is 38.3 Å². The fourth-order valence-electron chi connectivity index (χ4n) is 2.05. The lowest BCUT2D eigenvalue weighted by Crippen LogP contribution is -2.20. The van der Waals surface area contributed by atoms with Crippen LogP contribution in [0.3, 0.4) is 0 Å². The highest BCUT2D eigenvalue weighted by Gasteiger charge is 2.08. The van der Waals surface area contributed by atoms with E-state index in [1.807, 2.05) is 24.3 Å². The molecule has 1 amide bonds. The zero-order chi connectivity index (χ0) is 16.8. The number of hydrogen-bond acceptors (Lipinski definition) is 2. The maximum atomic E-state index is 11.9. The Labute approximate surface area is 146 Å². The Morgan fingerprint density at radius 2 is 1.87 bits per heavy atom. The van der Waals surface area contributed by atoms with E-state index in [9.17, 15) is 4.79 Å². The standard InChI is InChI=1S/C18H19Cl2NO2/c1-3-12(2)13-4-7-15(8-5-13)23-11-18(22)21-17-9-6-14(19)10-16(17)20/h4-10,12H,3,11H2,1-2H3,(H,21,22). The molecule has 1 unspecified atom stereocenters. The van der Waals surface area contributed by atoms with E-state index in [2.05, 4.69) is 19.2 Å². The lowest BCUT2D eigenvalue weighted by Gasteiger charge is -2.11. The second-order valence-electron chi connectivity index (χ2n) is 5.34. The number of ether oxygens (including phenoxy) is 1. The number of nitrogens with one attached hydrogen (secondary N) is 1. The van der Waals surface area contributed by atoms with Gasteiger partial charge in [-0.15, -0.1) is 0 Å². The first-order chi connectivity index (χ1) is 11.0. The molecule has 0 aromatic heterocycles. The fraction of sp³-hybridized carbons (Fsp3) is 0.278. The van der Waals surface area contributed by atoms with Crippen molar-refractivity contribution >= 4 is 34.8 Å². The van der Waals surface area contributed by atoms with Gasteiger partial charge in [0.15, 0.2) is 6.61 Å². The summed E-state index contributed by atoms with van der Waals surface area (Å²) < 4.78 is 5.49. The lowest BCUT2D eigenvalue weighted by atomic mass is 9.99. The van der Waals surface area contributed by atoms with Gasteiger partial charge < -0.3 is 10.1 Å². The molecule has 0 aliphatic rings. The summed E-state index contributed by atoms with van der Waals surface area (Å²) in [6, 6.07) is 12.7. The van der Waals surface area contributed by atoms with Crippen molar-refractivity contribution in [2.45, 2.75) is 26.2 Å². The highest BCUT2D eigenvalue weighted by Crippen LogP contribution is 2.25. The van der Waals surface area contributed by atoms with E-state index in [-0.39, 0.29) is 12.5 Å². The Bertz CT molecular complexity index is 671. The van der Waals surface area contributed by atoms with Crippen LogP contribution in [0.5, 0.6) is 5.75 Å². The summed E-state index contributed by atoms with van der Waals surface area (Å²) in [6.07, 6.45) is 1.09. The van der Waals surface area contributed by atoms with Gasteiger partial charge in [-0.25, -0.2) is 0 Å². The molecule has 3 nitrogen and oxygen atoms in total. The van der Waals surface area contributed by atoms with Gasteiger partial charge in [-0.2, -0.15) is 0 Å². The van der Waals surface area contributed by atoms with Gasteiger partial charge in [0.05, 0.1) is 10.7 Å². The smallest absolute Gasteiger partial charge is 0.262 e. The molecule has 2 rings (SSSR count). The molecule has 5 heteroatoms. The Hall–Kier alpha value is -1.71. The molecule has 0 saturated heterocycles. The van der Waals surface area contributed by atoms with E-state index in [0.717, 1.165) is 6.42 Å². The zero-order valence-electron chi connectivity index (χ0n) is 13.1. The molecule has 0 saturated carbocycles. The highest BCUT2D eigenvalue weighted by molar-refractivity contribution is 6.36. The molecular formula is C18H19Cl2NO2. The van der Waals surface area contributed by atoms with Crippen LogP contribution in [0.2, 0.25) is 10.0 Å². The molecular weight excluding hydrogens is 333 g/mol. The van der Waals surface area contributed by atoms with Gasteiger partial charge >= 0.3 is 0 Å². The van der Waals surface area contributed by atoms with Crippen LogP contribution < -0.4 is 10.1 Å². The van der Waals surface area contributed by atoms with E-state index in [1.54, 1.807) is 18.2 Å². The normalized spacial score (nSPS) is 11.8. The van der Waals surface area contributed by atoms with Gasteiger partial charge in [0.25, 0.3) is 5.91 Å². The Balaban J connectivity index is 1.89. The van der Waals surface area contributed by atoms with Crippen molar-refractivity contribution in [3.63, 3.8) is 0 Å². The number of halogens is 2. The van der Waals surface area contributed by atoms with E-state index < -0.39 is 0 Å². The molecule has 2 aromatic rings. The van der Waals surface area contributed by atoms with Crippen molar-refractivity contribution in [3.05, 3.63) is 58.1 Å². The zero-order valence-corrected chi connectivity index (χ0v) is 14.6. The van der Waals surface area contributed by atoms with Crippen molar-refractivity contribution in [1.29, 1.82) is 0 Å². The number of benzene rings is 2. The third kappa shape index (κ3) is 5.15. The van der Waals surface area contributed by atoms with Crippen LogP contribution >= 0.6 is 23.2 Å². The lowest BCUT2D eigenvalue weighted by molar-refractivity contribution is -0.118.